The molecule has 0 bridgehead atoms. The highest BCUT2D eigenvalue weighted by Gasteiger charge is 2.13. The van der Waals surface area contributed by atoms with Crippen LogP contribution in [0.4, 0.5) is 10.3 Å². The van der Waals surface area contributed by atoms with Gasteiger partial charge in [0, 0.05) is 6.07 Å². The molecule has 0 atom stereocenters. The van der Waals surface area contributed by atoms with Crippen molar-refractivity contribution >= 4 is 17.8 Å². The molecule has 6 nitrogen and oxygen atoms in total. The molecule has 0 spiro atoms. The molecule has 0 saturated heterocycles. The number of carbonyl (C=O) groups is 2. The number of ether oxygens (including phenoxy) is 1. The lowest BCUT2D eigenvalue weighted by atomic mass is 10.1. The van der Waals surface area contributed by atoms with Gasteiger partial charge in [0.1, 0.15) is 5.82 Å². The maximum absolute atomic E-state index is 13.3. The van der Waals surface area contributed by atoms with Gasteiger partial charge in [-0.3, -0.25) is 10.1 Å². The van der Waals surface area contributed by atoms with Crippen molar-refractivity contribution in [2.24, 2.45) is 0 Å². The van der Waals surface area contributed by atoms with Crippen molar-refractivity contribution in [1.29, 1.82) is 0 Å². The van der Waals surface area contributed by atoms with Crippen LogP contribution in [0.25, 0.3) is 0 Å². The number of aromatic nitrogens is 1. The smallest absolute Gasteiger partial charge is 0.338 e. The molecule has 0 aliphatic heterocycles. The van der Waals surface area contributed by atoms with Crippen LogP contribution in [0, 0.1) is 19.7 Å². The standard InChI is InChI=1S/C14H13FN2O4/c1-8-3-4-10(6-11(8)15)14(19)20-7-12(18)16-13-5-9(2)17-21-13/h3-6H,7H2,1-2H3,(H,16,18). The highest BCUT2D eigenvalue weighted by Crippen LogP contribution is 2.11. The van der Waals surface area contributed by atoms with Crippen molar-refractivity contribution < 1.29 is 23.2 Å². The number of halogens is 1. The Bertz CT molecular complexity index is 681. The summed E-state index contributed by atoms with van der Waals surface area (Å²) in [4.78, 5) is 23.2. The number of carbonyl (C=O) groups excluding carboxylic acids is 2. The Morgan fingerprint density at radius 1 is 1.33 bits per heavy atom. The minimum Gasteiger partial charge on any atom is -0.452 e. The topological polar surface area (TPSA) is 81.4 Å². The van der Waals surface area contributed by atoms with Gasteiger partial charge in [0.05, 0.1) is 11.3 Å². The molecule has 21 heavy (non-hydrogen) atoms. The molecule has 110 valence electrons. The first-order valence-corrected chi connectivity index (χ1v) is 6.12. The second-order valence-electron chi connectivity index (χ2n) is 4.42. The third-order valence-corrected chi connectivity index (χ3v) is 2.63. The lowest BCUT2D eigenvalue weighted by molar-refractivity contribution is -0.119. The third-order valence-electron chi connectivity index (χ3n) is 2.63. The van der Waals surface area contributed by atoms with Crippen LogP contribution in [0.15, 0.2) is 28.8 Å². The minimum absolute atomic E-state index is 0.0430. The van der Waals surface area contributed by atoms with Gasteiger partial charge in [0.2, 0.25) is 5.88 Å². The number of hydrogen-bond donors (Lipinski definition) is 1. The molecular weight excluding hydrogens is 279 g/mol. The van der Waals surface area contributed by atoms with Crippen molar-refractivity contribution in [3.63, 3.8) is 0 Å². The summed E-state index contributed by atoms with van der Waals surface area (Å²) in [5.74, 6) is -1.70. The number of amides is 1. The molecule has 1 aromatic heterocycles. The van der Waals surface area contributed by atoms with E-state index in [1.54, 1.807) is 13.8 Å². The van der Waals surface area contributed by atoms with Gasteiger partial charge in [-0.15, -0.1) is 0 Å². The molecule has 1 heterocycles. The van der Waals surface area contributed by atoms with Gasteiger partial charge in [0.15, 0.2) is 6.61 Å². The van der Waals surface area contributed by atoms with Crippen LogP contribution in [0.3, 0.4) is 0 Å². The van der Waals surface area contributed by atoms with Crippen molar-refractivity contribution in [3.05, 3.63) is 46.9 Å². The normalized spacial score (nSPS) is 10.2. The Hall–Kier alpha value is -2.70. The first-order valence-electron chi connectivity index (χ1n) is 6.12. The molecule has 0 aliphatic rings. The summed E-state index contributed by atoms with van der Waals surface area (Å²) in [5, 5.41) is 5.96. The number of nitrogens with one attached hydrogen (secondary N) is 1. The summed E-state index contributed by atoms with van der Waals surface area (Å²) < 4.78 is 22.9. The molecular formula is C14H13FN2O4. The molecule has 2 aromatic rings. The summed E-state index contributed by atoms with van der Waals surface area (Å²) in [6, 6.07) is 5.48. The molecule has 1 amide bonds. The van der Waals surface area contributed by atoms with Crippen molar-refractivity contribution in [2.75, 3.05) is 11.9 Å². The minimum atomic E-state index is -0.780. The van der Waals surface area contributed by atoms with Gasteiger partial charge >= 0.3 is 5.97 Å². The maximum atomic E-state index is 13.3. The molecule has 0 radical (unpaired) electrons. The first-order chi connectivity index (χ1) is 9.95. The van der Waals surface area contributed by atoms with Gasteiger partial charge < -0.3 is 9.26 Å². The van der Waals surface area contributed by atoms with Crippen molar-refractivity contribution in [3.8, 4) is 0 Å². The van der Waals surface area contributed by atoms with E-state index in [9.17, 15) is 14.0 Å². The molecule has 7 heteroatoms. The molecule has 2 rings (SSSR count). The van der Waals surface area contributed by atoms with E-state index in [4.69, 9.17) is 9.26 Å². The number of esters is 1. The van der Waals surface area contributed by atoms with Crippen LogP contribution in [-0.2, 0) is 9.53 Å². The monoisotopic (exact) mass is 292 g/mol. The van der Waals surface area contributed by atoms with Gasteiger partial charge in [-0.05, 0) is 31.5 Å². The maximum Gasteiger partial charge on any atom is 0.338 e. The SMILES string of the molecule is Cc1cc(NC(=O)COC(=O)c2ccc(C)c(F)c2)on1. The van der Waals surface area contributed by atoms with Crippen LogP contribution >= 0.6 is 0 Å². The lowest BCUT2D eigenvalue weighted by Gasteiger charge is -2.05. The summed E-state index contributed by atoms with van der Waals surface area (Å²) in [5.41, 5.74) is 1.07. The first kappa shape index (κ1) is 14.7. The number of nitrogens with zero attached hydrogens (tertiary/aromatic N) is 1. The van der Waals surface area contributed by atoms with E-state index in [1.807, 2.05) is 0 Å². The van der Waals surface area contributed by atoms with Crippen LogP contribution in [0.5, 0.6) is 0 Å². The van der Waals surface area contributed by atoms with Crippen LogP contribution in [0.2, 0.25) is 0 Å². The van der Waals surface area contributed by atoms with Crippen LogP contribution in [-0.4, -0.2) is 23.6 Å². The fourth-order valence-corrected chi connectivity index (χ4v) is 1.53. The highest BCUT2D eigenvalue weighted by molar-refractivity contribution is 5.94. The quantitative estimate of drug-likeness (QED) is 0.874. The van der Waals surface area contributed by atoms with E-state index >= 15 is 0 Å². The summed E-state index contributed by atoms with van der Waals surface area (Å²) in [7, 11) is 0. The zero-order valence-electron chi connectivity index (χ0n) is 11.5. The average molecular weight is 292 g/mol. The van der Waals surface area contributed by atoms with E-state index in [2.05, 4.69) is 10.5 Å². The predicted octanol–water partition coefficient (Wildman–Crippen LogP) is 2.23. The van der Waals surface area contributed by atoms with Gasteiger partial charge in [-0.2, -0.15) is 0 Å². The van der Waals surface area contributed by atoms with Gasteiger partial charge in [-0.25, -0.2) is 9.18 Å². The Labute approximate surface area is 119 Å². The van der Waals surface area contributed by atoms with E-state index in [0.29, 0.717) is 11.3 Å². The van der Waals surface area contributed by atoms with E-state index < -0.39 is 24.3 Å². The second-order valence-corrected chi connectivity index (χ2v) is 4.42. The van der Waals surface area contributed by atoms with Crippen LogP contribution < -0.4 is 5.32 Å². The molecule has 0 fully saturated rings. The fourth-order valence-electron chi connectivity index (χ4n) is 1.53. The number of aryl methyl sites for hydroxylation is 2. The van der Waals surface area contributed by atoms with Crippen molar-refractivity contribution in [1.82, 2.24) is 5.16 Å². The summed E-state index contributed by atoms with van der Waals surface area (Å²) in [6.45, 7) is 2.77. The van der Waals surface area contributed by atoms with Crippen molar-refractivity contribution in [2.45, 2.75) is 13.8 Å². The zero-order chi connectivity index (χ0) is 15.4. The zero-order valence-corrected chi connectivity index (χ0v) is 11.5. The summed E-state index contributed by atoms with van der Waals surface area (Å²) >= 11 is 0. The van der Waals surface area contributed by atoms with E-state index in [1.165, 1.54) is 18.2 Å². The number of anilines is 1. The Kier molecular flexibility index (Phi) is 4.32. The molecule has 1 aromatic carbocycles. The second kappa shape index (κ2) is 6.17. The Morgan fingerprint density at radius 2 is 2.10 bits per heavy atom. The molecule has 0 unspecified atom stereocenters. The highest BCUT2D eigenvalue weighted by atomic mass is 19.1. The summed E-state index contributed by atoms with van der Waals surface area (Å²) in [6.07, 6.45) is 0. The lowest BCUT2D eigenvalue weighted by Crippen LogP contribution is -2.20. The Morgan fingerprint density at radius 3 is 2.71 bits per heavy atom. The predicted molar refractivity (Wildman–Crippen MR) is 71.3 cm³/mol. The third kappa shape index (κ3) is 3.88. The average Bonchev–Trinajstić information content (AvgIpc) is 2.84. The largest absolute Gasteiger partial charge is 0.452 e. The van der Waals surface area contributed by atoms with Gasteiger partial charge in [-0.1, -0.05) is 11.2 Å². The Balaban J connectivity index is 1.88. The fraction of sp³-hybridized carbons (Fsp3) is 0.214. The molecule has 0 aliphatic carbocycles. The number of hydrogen-bond acceptors (Lipinski definition) is 5. The molecule has 1 N–H and O–H groups in total. The number of benzene rings is 1. The van der Waals surface area contributed by atoms with Crippen LogP contribution in [0.1, 0.15) is 21.6 Å². The molecule has 0 saturated carbocycles. The van der Waals surface area contributed by atoms with E-state index in [-0.39, 0.29) is 11.4 Å². The van der Waals surface area contributed by atoms with Gasteiger partial charge in [0.25, 0.3) is 5.91 Å². The number of rotatable bonds is 4. The van der Waals surface area contributed by atoms with E-state index in [0.717, 1.165) is 6.07 Å².